The number of aromatic nitrogens is 2. The van der Waals surface area contributed by atoms with Gasteiger partial charge < -0.3 is 5.11 Å². The number of carbonyl (C=O) groups is 1. The Morgan fingerprint density at radius 2 is 1.85 bits per heavy atom. The molecule has 0 aliphatic carbocycles. The molecule has 11 heteroatoms. The molecule has 0 bridgehead atoms. The van der Waals surface area contributed by atoms with Gasteiger partial charge in [-0.1, -0.05) is 0 Å². The van der Waals surface area contributed by atoms with Gasteiger partial charge >= 0.3 is 5.97 Å². The number of nitrogens with one attached hydrogen (secondary N) is 1. The molecule has 0 unspecified atom stereocenters. The summed E-state index contributed by atoms with van der Waals surface area (Å²) in [6.07, 6.45) is 2.90. The van der Waals surface area contributed by atoms with Gasteiger partial charge in [0, 0.05) is 23.3 Å². The maximum Gasteiger partial charge on any atom is 0.341 e. The minimum absolute atomic E-state index is 0.374. The predicted octanol–water partition coefficient (Wildman–Crippen LogP) is 2.98. The van der Waals surface area contributed by atoms with Crippen molar-refractivity contribution < 1.29 is 27.1 Å². The maximum absolute atomic E-state index is 13.7. The van der Waals surface area contributed by atoms with E-state index in [1.807, 2.05) is 4.72 Å². The van der Waals surface area contributed by atoms with Crippen LogP contribution in [0.3, 0.4) is 0 Å². The topological polar surface area (TPSA) is 109 Å². The number of carboxylic acid groups (broad SMARTS) is 1. The molecule has 0 radical (unpaired) electrons. The van der Waals surface area contributed by atoms with E-state index in [4.69, 9.17) is 5.11 Å². The van der Waals surface area contributed by atoms with E-state index in [9.17, 15) is 22.0 Å². The number of pyridine rings is 1. The molecule has 3 rings (SSSR count). The first-order chi connectivity index (χ1) is 12.3. The summed E-state index contributed by atoms with van der Waals surface area (Å²) < 4.78 is 53.9. The number of carboxylic acids is 1. The lowest BCUT2D eigenvalue weighted by atomic mass is 10.2. The van der Waals surface area contributed by atoms with Gasteiger partial charge in [-0.2, -0.15) is 8.42 Å². The van der Waals surface area contributed by atoms with Crippen LogP contribution in [0.2, 0.25) is 0 Å². The molecule has 0 saturated carbocycles. The van der Waals surface area contributed by atoms with Gasteiger partial charge in [-0.05, 0) is 24.3 Å². The highest BCUT2D eigenvalue weighted by Gasteiger charge is 2.21. The van der Waals surface area contributed by atoms with Gasteiger partial charge in [0.05, 0.1) is 5.69 Å². The Hall–Kier alpha value is -2.92. The van der Waals surface area contributed by atoms with Gasteiger partial charge in [-0.25, -0.2) is 23.5 Å². The Kier molecular flexibility index (Phi) is 4.66. The van der Waals surface area contributed by atoms with Crippen molar-refractivity contribution in [3.63, 3.8) is 0 Å². The zero-order valence-electron chi connectivity index (χ0n) is 12.7. The van der Waals surface area contributed by atoms with Crippen molar-refractivity contribution in [2.75, 3.05) is 4.72 Å². The second-order valence-electron chi connectivity index (χ2n) is 4.95. The summed E-state index contributed by atoms with van der Waals surface area (Å²) in [5.41, 5.74) is -1.02. The summed E-state index contributed by atoms with van der Waals surface area (Å²) in [6, 6.07) is 3.87. The third-order valence-electron chi connectivity index (χ3n) is 3.20. The number of thiazole rings is 1. The fourth-order valence-corrected chi connectivity index (χ4v) is 3.68. The molecule has 0 spiro atoms. The Morgan fingerprint density at radius 1 is 1.15 bits per heavy atom. The molecule has 3 aromatic rings. The van der Waals surface area contributed by atoms with Crippen LogP contribution >= 0.6 is 11.3 Å². The summed E-state index contributed by atoms with van der Waals surface area (Å²) in [7, 11) is -4.22. The van der Waals surface area contributed by atoms with Crippen LogP contribution < -0.4 is 4.72 Å². The van der Waals surface area contributed by atoms with Crippen LogP contribution in [0.1, 0.15) is 10.4 Å². The Bertz CT molecular complexity index is 1050. The minimum atomic E-state index is -4.22. The molecule has 0 fully saturated rings. The SMILES string of the molecule is O=C(O)c1c(F)cc(NS(=O)(=O)c2ccc(-c3nccs3)cn2)cc1F. The van der Waals surface area contributed by atoms with Gasteiger partial charge in [-0.15, -0.1) is 11.3 Å². The third kappa shape index (κ3) is 3.53. The number of hydrogen-bond acceptors (Lipinski definition) is 6. The molecule has 0 amide bonds. The first kappa shape index (κ1) is 17.9. The van der Waals surface area contributed by atoms with Crippen molar-refractivity contribution in [3.05, 3.63) is 59.2 Å². The molecule has 134 valence electrons. The van der Waals surface area contributed by atoms with Crippen LogP contribution in [-0.4, -0.2) is 29.5 Å². The monoisotopic (exact) mass is 397 g/mol. The summed E-state index contributed by atoms with van der Waals surface area (Å²) in [5.74, 6) is -4.60. The molecule has 2 aromatic heterocycles. The summed E-state index contributed by atoms with van der Waals surface area (Å²) in [4.78, 5) is 18.7. The lowest BCUT2D eigenvalue weighted by Gasteiger charge is -2.09. The highest BCUT2D eigenvalue weighted by atomic mass is 32.2. The zero-order valence-corrected chi connectivity index (χ0v) is 14.3. The molecule has 0 aliphatic heterocycles. The van der Waals surface area contributed by atoms with Crippen LogP contribution in [0.15, 0.2) is 47.1 Å². The number of nitrogens with zero attached hydrogens (tertiary/aromatic N) is 2. The molecule has 0 saturated heterocycles. The van der Waals surface area contributed by atoms with Crippen LogP contribution in [0.4, 0.5) is 14.5 Å². The average Bonchev–Trinajstić information content (AvgIpc) is 3.08. The smallest absolute Gasteiger partial charge is 0.341 e. The lowest BCUT2D eigenvalue weighted by molar-refractivity contribution is 0.0686. The second kappa shape index (κ2) is 6.77. The highest BCUT2D eigenvalue weighted by molar-refractivity contribution is 7.92. The van der Waals surface area contributed by atoms with E-state index in [0.717, 1.165) is 0 Å². The number of rotatable bonds is 5. The van der Waals surface area contributed by atoms with Gasteiger partial charge in [0.1, 0.15) is 22.2 Å². The number of benzene rings is 1. The molecule has 0 aliphatic rings. The number of halogens is 2. The zero-order chi connectivity index (χ0) is 18.9. The van der Waals surface area contributed by atoms with Crippen LogP contribution in [-0.2, 0) is 10.0 Å². The van der Waals surface area contributed by atoms with Gasteiger partial charge in [0.2, 0.25) is 0 Å². The summed E-state index contributed by atoms with van der Waals surface area (Å²) >= 11 is 1.35. The van der Waals surface area contributed by atoms with Crippen LogP contribution in [0, 0.1) is 11.6 Å². The van der Waals surface area contributed by atoms with E-state index in [0.29, 0.717) is 22.7 Å². The van der Waals surface area contributed by atoms with Crippen molar-refractivity contribution in [3.8, 4) is 10.6 Å². The molecule has 1 aromatic carbocycles. The predicted molar refractivity (Wildman–Crippen MR) is 89.5 cm³/mol. The van der Waals surface area contributed by atoms with E-state index in [-0.39, 0.29) is 5.03 Å². The average molecular weight is 397 g/mol. The van der Waals surface area contributed by atoms with E-state index in [1.165, 1.54) is 29.7 Å². The molecule has 2 N–H and O–H groups in total. The number of sulfonamides is 1. The van der Waals surface area contributed by atoms with Crippen molar-refractivity contribution in [2.45, 2.75) is 5.03 Å². The van der Waals surface area contributed by atoms with E-state index < -0.39 is 38.9 Å². The maximum atomic E-state index is 13.7. The minimum Gasteiger partial charge on any atom is -0.477 e. The van der Waals surface area contributed by atoms with Crippen molar-refractivity contribution in [1.29, 1.82) is 0 Å². The van der Waals surface area contributed by atoms with E-state index >= 15 is 0 Å². The van der Waals surface area contributed by atoms with Gasteiger partial charge in [-0.3, -0.25) is 4.72 Å². The Morgan fingerprint density at radius 3 is 2.35 bits per heavy atom. The lowest BCUT2D eigenvalue weighted by Crippen LogP contribution is -2.15. The van der Waals surface area contributed by atoms with Gasteiger partial charge in [0.15, 0.2) is 5.03 Å². The van der Waals surface area contributed by atoms with Crippen LogP contribution in [0.5, 0.6) is 0 Å². The molecule has 26 heavy (non-hydrogen) atoms. The Balaban J connectivity index is 1.88. The fraction of sp³-hybridized carbons (Fsp3) is 0. The van der Waals surface area contributed by atoms with Crippen molar-refractivity contribution in [1.82, 2.24) is 9.97 Å². The summed E-state index contributed by atoms with van der Waals surface area (Å²) in [5, 5.41) is 10.8. The summed E-state index contributed by atoms with van der Waals surface area (Å²) in [6.45, 7) is 0. The van der Waals surface area contributed by atoms with E-state index in [2.05, 4.69) is 9.97 Å². The number of anilines is 1. The molecular formula is C15H9F2N3O4S2. The first-order valence-electron chi connectivity index (χ1n) is 6.89. The largest absolute Gasteiger partial charge is 0.477 e. The van der Waals surface area contributed by atoms with Gasteiger partial charge in [0.25, 0.3) is 10.0 Å². The molecule has 7 nitrogen and oxygen atoms in total. The quantitative estimate of drug-likeness (QED) is 0.685. The molecule has 0 atom stereocenters. The number of hydrogen-bond donors (Lipinski definition) is 2. The highest BCUT2D eigenvalue weighted by Crippen LogP contribution is 2.24. The Labute approximate surface area is 150 Å². The molecule has 2 heterocycles. The van der Waals surface area contributed by atoms with E-state index in [1.54, 1.807) is 11.6 Å². The van der Waals surface area contributed by atoms with Crippen molar-refractivity contribution in [2.24, 2.45) is 0 Å². The fourth-order valence-electron chi connectivity index (χ4n) is 2.08. The van der Waals surface area contributed by atoms with Crippen LogP contribution in [0.25, 0.3) is 10.6 Å². The second-order valence-corrected chi connectivity index (χ2v) is 7.47. The standard InChI is InChI=1S/C15H9F2N3O4S2/c16-10-5-9(6-11(17)13(10)15(21)22)20-26(23,24)12-2-1-8(7-19-12)14-18-3-4-25-14/h1-7,20H,(H,21,22). The normalized spacial score (nSPS) is 11.3. The molecular weight excluding hydrogens is 388 g/mol. The van der Waals surface area contributed by atoms with Crippen molar-refractivity contribution >= 4 is 33.0 Å². The third-order valence-corrected chi connectivity index (χ3v) is 5.32. The first-order valence-corrected chi connectivity index (χ1v) is 9.25. The number of aromatic carboxylic acids is 1.